The van der Waals surface area contributed by atoms with E-state index in [0.717, 1.165) is 0 Å². The topological polar surface area (TPSA) is 55.2 Å². The van der Waals surface area contributed by atoms with E-state index >= 15 is 0 Å². The molecule has 4 nitrogen and oxygen atoms in total. The zero-order valence-corrected chi connectivity index (χ0v) is 9.70. The van der Waals surface area contributed by atoms with E-state index in [1.54, 1.807) is 12.1 Å². The van der Waals surface area contributed by atoms with Gasteiger partial charge in [-0.1, -0.05) is 17.7 Å². The molecule has 1 aliphatic carbocycles. The molecule has 0 radical (unpaired) electrons. The molecule has 0 aromatic heterocycles. The van der Waals surface area contributed by atoms with Crippen LogP contribution in [-0.4, -0.2) is 11.0 Å². The largest absolute Gasteiger partial charge is 0.377 e. The number of hydrogen-bond donors (Lipinski definition) is 1. The lowest BCUT2D eigenvalue weighted by molar-refractivity contribution is -0.383. The molecule has 86 valence electrons. The van der Waals surface area contributed by atoms with Crippen LogP contribution in [-0.2, 0) is 0 Å². The smallest absolute Gasteiger partial charge is 0.310 e. The van der Waals surface area contributed by atoms with Gasteiger partial charge in [0.05, 0.1) is 4.92 Å². The highest BCUT2D eigenvalue weighted by atomic mass is 35.5. The maximum absolute atomic E-state index is 10.9. The fourth-order valence-corrected chi connectivity index (χ4v) is 2.02. The van der Waals surface area contributed by atoms with E-state index in [1.165, 1.54) is 18.9 Å². The highest BCUT2D eigenvalue weighted by Crippen LogP contribution is 2.37. The molecule has 16 heavy (non-hydrogen) atoms. The molecule has 1 aliphatic rings. The quantitative estimate of drug-likeness (QED) is 0.648. The minimum atomic E-state index is -0.440. The van der Waals surface area contributed by atoms with Crippen LogP contribution in [0, 0.1) is 16.0 Å². The molecule has 1 aromatic carbocycles. The monoisotopic (exact) mass is 240 g/mol. The van der Waals surface area contributed by atoms with E-state index in [1.807, 2.05) is 6.92 Å². The molecule has 0 spiro atoms. The first kappa shape index (κ1) is 11.2. The average molecular weight is 241 g/mol. The predicted octanol–water partition coefficient (Wildman–Crippen LogP) is 3.46. The third-order valence-corrected chi connectivity index (χ3v) is 3.19. The molecule has 2 rings (SSSR count). The lowest BCUT2D eigenvalue weighted by Gasteiger charge is -2.14. The van der Waals surface area contributed by atoms with Crippen LogP contribution in [0.3, 0.4) is 0 Å². The molecular weight excluding hydrogens is 228 g/mol. The first-order valence-electron chi connectivity index (χ1n) is 5.29. The molecule has 1 fully saturated rings. The Labute approximate surface area is 98.8 Å². The van der Waals surface area contributed by atoms with Crippen molar-refractivity contribution in [2.24, 2.45) is 5.92 Å². The Morgan fingerprint density at radius 3 is 2.81 bits per heavy atom. The van der Waals surface area contributed by atoms with Gasteiger partial charge in [-0.05, 0) is 37.8 Å². The van der Waals surface area contributed by atoms with Crippen molar-refractivity contribution in [3.8, 4) is 0 Å². The van der Waals surface area contributed by atoms with Crippen LogP contribution in [0.2, 0.25) is 5.02 Å². The number of nitrogens with one attached hydrogen (secondary N) is 1. The van der Waals surface area contributed by atoms with Crippen molar-refractivity contribution in [2.45, 2.75) is 25.8 Å². The molecule has 0 heterocycles. The van der Waals surface area contributed by atoms with E-state index in [0.29, 0.717) is 11.6 Å². The van der Waals surface area contributed by atoms with Gasteiger partial charge in [0, 0.05) is 6.04 Å². The molecule has 1 saturated carbocycles. The third-order valence-electron chi connectivity index (χ3n) is 2.88. The minimum absolute atomic E-state index is 0.0309. The number of halogens is 1. The second kappa shape index (κ2) is 4.29. The maximum atomic E-state index is 10.9. The molecule has 1 aromatic rings. The second-order valence-electron chi connectivity index (χ2n) is 4.16. The van der Waals surface area contributed by atoms with E-state index < -0.39 is 4.92 Å². The van der Waals surface area contributed by atoms with Crippen LogP contribution in [0.4, 0.5) is 11.4 Å². The van der Waals surface area contributed by atoms with Crippen molar-refractivity contribution in [3.63, 3.8) is 0 Å². The summed E-state index contributed by atoms with van der Waals surface area (Å²) in [6.45, 7) is 2.04. The standard InChI is InChI=1S/C11H13ClN2O2/c1-7(8-5-6-8)13-10-4-2-3-9(12)11(10)14(15)16/h2-4,7-8,13H,5-6H2,1H3. The number of hydrogen-bond acceptors (Lipinski definition) is 3. The Bertz CT molecular complexity index is 418. The molecular formula is C11H13ClN2O2. The number of nitro groups is 1. The van der Waals surface area contributed by atoms with Gasteiger partial charge in [0.1, 0.15) is 10.7 Å². The molecule has 1 N–H and O–H groups in total. The summed E-state index contributed by atoms with van der Waals surface area (Å²) in [5, 5.41) is 14.2. The van der Waals surface area contributed by atoms with Crippen LogP contribution < -0.4 is 5.32 Å². The van der Waals surface area contributed by atoms with E-state index in [-0.39, 0.29) is 16.8 Å². The van der Waals surface area contributed by atoms with Crippen molar-refractivity contribution in [3.05, 3.63) is 33.3 Å². The highest BCUT2D eigenvalue weighted by Gasteiger charge is 2.29. The normalized spacial score (nSPS) is 16.9. The zero-order chi connectivity index (χ0) is 11.7. The molecule has 0 amide bonds. The fourth-order valence-electron chi connectivity index (χ4n) is 1.78. The maximum Gasteiger partial charge on any atom is 0.310 e. The molecule has 0 bridgehead atoms. The summed E-state index contributed by atoms with van der Waals surface area (Å²) in [6, 6.07) is 5.21. The summed E-state index contributed by atoms with van der Waals surface area (Å²) in [6.07, 6.45) is 2.39. The Hall–Kier alpha value is -1.29. The van der Waals surface area contributed by atoms with Gasteiger partial charge in [-0.3, -0.25) is 10.1 Å². The van der Waals surface area contributed by atoms with Gasteiger partial charge in [-0.15, -0.1) is 0 Å². The molecule has 1 atom stereocenters. The van der Waals surface area contributed by atoms with Crippen molar-refractivity contribution in [1.82, 2.24) is 0 Å². The van der Waals surface area contributed by atoms with Crippen LogP contribution in [0.25, 0.3) is 0 Å². The van der Waals surface area contributed by atoms with E-state index in [4.69, 9.17) is 11.6 Å². The Balaban J connectivity index is 2.24. The number of nitro benzene ring substituents is 1. The van der Waals surface area contributed by atoms with Crippen molar-refractivity contribution < 1.29 is 4.92 Å². The van der Waals surface area contributed by atoms with E-state index in [2.05, 4.69) is 5.32 Å². The first-order valence-corrected chi connectivity index (χ1v) is 5.67. The number of benzene rings is 1. The van der Waals surface area contributed by atoms with Crippen molar-refractivity contribution in [1.29, 1.82) is 0 Å². The molecule has 0 aliphatic heterocycles. The summed E-state index contributed by atoms with van der Waals surface area (Å²) in [7, 11) is 0. The summed E-state index contributed by atoms with van der Waals surface area (Å²) in [5.74, 6) is 0.638. The molecule has 1 unspecified atom stereocenters. The summed E-state index contributed by atoms with van der Waals surface area (Å²) in [5.41, 5.74) is 0.480. The Kier molecular flexibility index (Phi) is 3.01. The summed E-state index contributed by atoms with van der Waals surface area (Å²) in [4.78, 5) is 10.5. The second-order valence-corrected chi connectivity index (χ2v) is 4.57. The summed E-state index contributed by atoms with van der Waals surface area (Å²) >= 11 is 5.82. The van der Waals surface area contributed by atoms with Crippen LogP contribution in [0.15, 0.2) is 18.2 Å². The van der Waals surface area contributed by atoms with Gasteiger partial charge in [-0.25, -0.2) is 0 Å². The minimum Gasteiger partial charge on any atom is -0.377 e. The van der Waals surface area contributed by atoms with Crippen LogP contribution >= 0.6 is 11.6 Å². The van der Waals surface area contributed by atoms with Crippen molar-refractivity contribution in [2.75, 3.05) is 5.32 Å². The van der Waals surface area contributed by atoms with Crippen LogP contribution in [0.1, 0.15) is 19.8 Å². The van der Waals surface area contributed by atoms with Gasteiger partial charge in [-0.2, -0.15) is 0 Å². The van der Waals surface area contributed by atoms with E-state index in [9.17, 15) is 10.1 Å². The average Bonchev–Trinajstić information content (AvgIpc) is 2.99. The molecule has 5 heteroatoms. The number of nitrogens with zero attached hydrogens (tertiary/aromatic N) is 1. The lowest BCUT2D eigenvalue weighted by atomic mass is 10.2. The predicted molar refractivity (Wildman–Crippen MR) is 63.9 cm³/mol. The third kappa shape index (κ3) is 2.27. The highest BCUT2D eigenvalue weighted by molar-refractivity contribution is 6.33. The van der Waals surface area contributed by atoms with Gasteiger partial charge in [0.15, 0.2) is 0 Å². The van der Waals surface area contributed by atoms with Crippen LogP contribution in [0.5, 0.6) is 0 Å². The number of para-hydroxylation sites is 1. The fraction of sp³-hybridized carbons (Fsp3) is 0.455. The lowest BCUT2D eigenvalue weighted by Crippen LogP contribution is -2.18. The van der Waals surface area contributed by atoms with Gasteiger partial charge in [0.25, 0.3) is 0 Å². The number of anilines is 1. The zero-order valence-electron chi connectivity index (χ0n) is 8.94. The number of rotatable bonds is 4. The van der Waals surface area contributed by atoms with Gasteiger partial charge in [0.2, 0.25) is 0 Å². The first-order chi connectivity index (χ1) is 7.59. The SMILES string of the molecule is CC(Nc1cccc(Cl)c1[N+](=O)[O-])C1CC1. The summed E-state index contributed by atoms with van der Waals surface area (Å²) < 4.78 is 0. The van der Waals surface area contributed by atoms with Gasteiger partial charge >= 0.3 is 5.69 Å². The molecule has 0 saturated heterocycles. The Morgan fingerprint density at radius 1 is 1.56 bits per heavy atom. The van der Waals surface area contributed by atoms with Crippen molar-refractivity contribution >= 4 is 23.0 Å². The van der Waals surface area contributed by atoms with Gasteiger partial charge < -0.3 is 5.32 Å². The Morgan fingerprint density at radius 2 is 2.25 bits per heavy atom.